The van der Waals surface area contributed by atoms with Crippen molar-refractivity contribution in [1.29, 1.82) is 0 Å². The van der Waals surface area contributed by atoms with Crippen LogP contribution in [-0.2, 0) is 4.79 Å². The number of carbonyl (C=O) groups is 1. The van der Waals surface area contributed by atoms with Crippen molar-refractivity contribution in [3.63, 3.8) is 0 Å². The Labute approximate surface area is 121 Å². The lowest BCUT2D eigenvalue weighted by molar-refractivity contribution is -0.123. The second-order valence-corrected chi connectivity index (χ2v) is 5.96. The van der Waals surface area contributed by atoms with Crippen LogP contribution >= 0.6 is 23.2 Å². The lowest BCUT2D eigenvalue weighted by atomic mass is 10.0. The molecule has 5 N–H and O–H groups in total. The molecule has 7 heteroatoms. The zero-order valence-electron chi connectivity index (χ0n) is 10.8. The number of nitrogens with one attached hydrogen (secondary N) is 1. The molecule has 0 spiro atoms. The second kappa shape index (κ2) is 5.45. The highest BCUT2D eigenvalue weighted by atomic mass is 35.5. The van der Waals surface area contributed by atoms with Gasteiger partial charge >= 0.3 is 0 Å². The quantitative estimate of drug-likeness (QED) is 0.631. The fourth-order valence-corrected chi connectivity index (χ4v) is 1.91. The van der Waals surface area contributed by atoms with Gasteiger partial charge in [0.1, 0.15) is 6.04 Å². The normalized spacial score (nSPS) is 13.2. The molecule has 1 aromatic rings. The number of aromatic hydroxyl groups is 2. The first-order valence-corrected chi connectivity index (χ1v) is 6.27. The van der Waals surface area contributed by atoms with Gasteiger partial charge in [-0.15, -0.1) is 0 Å². The Bertz CT molecular complexity index is 513. The van der Waals surface area contributed by atoms with Gasteiger partial charge in [-0.25, -0.2) is 0 Å². The minimum atomic E-state index is -1.10. The maximum absolute atomic E-state index is 11.9. The summed E-state index contributed by atoms with van der Waals surface area (Å²) in [5.41, 5.74) is 5.47. The summed E-state index contributed by atoms with van der Waals surface area (Å²) in [4.78, 5) is 11.9. The number of nitrogens with two attached hydrogens (primary N) is 1. The molecular formula is C12H16Cl2N2O3. The zero-order chi connectivity index (χ0) is 15.0. The minimum absolute atomic E-state index is 0.129. The Kier molecular flexibility index (Phi) is 4.55. The molecule has 0 radical (unpaired) electrons. The van der Waals surface area contributed by atoms with E-state index in [0.717, 1.165) is 0 Å². The summed E-state index contributed by atoms with van der Waals surface area (Å²) >= 11 is 11.6. The standard InChI is InChI=1S/C12H16Cl2N2O3/c1-12(2,3)16-11(19)8(15)5-4-6(13)9(17)10(18)7(5)14/h4,8,17-18H,15H2,1-3H3,(H,16,19). The van der Waals surface area contributed by atoms with E-state index in [1.807, 2.05) is 0 Å². The molecule has 0 aliphatic heterocycles. The van der Waals surface area contributed by atoms with Crippen LogP contribution in [0, 0.1) is 0 Å². The third kappa shape index (κ3) is 3.65. The molecule has 0 heterocycles. The number of rotatable bonds is 2. The minimum Gasteiger partial charge on any atom is -0.503 e. The average Bonchev–Trinajstić information content (AvgIpc) is 2.28. The molecule has 0 saturated carbocycles. The molecule has 1 amide bonds. The number of hydrogen-bond acceptors (Lipinski definition) is 4. The van der Waals surface area contributed by atoms with Crippen molar-refractivity contribution in [2.45, 2.75) is 32.4 Å². The van der Waals surface area contributed by atoms with E-state index in [0.29, 0.717) is 0 Å². The van der Waals surface area contributed by atoms with Gasteiger partial charge in [0.05, 0.1) is 10.0 Å². The number of hydrogen-bond donors (Lipinski definition) is 4. The lowest BCUT2D eigenvalue weighted by Crippen LogP contribution is -2.45. The predicted molar refractivity (Wildman–Crippen MR) is 74.6 cm³/mol. The first-order chi connectivity index (χ1) is 8.54. The van der Waals surface area contributed by atoms with E-state index in [-0.39, 0.29) is 15.6 Å². The van der Waals surface area contributed by atoms with Crippen molar-refractivity contribution in [3.8, 4) is 11.5 Å². The first-order valence-electron chi connectivity index (χ1n) is 5.52. The van der Waals surface area contributed by atoms with E-state index in [9.17, 15) is 15.0 Å². The second-order valence-electron chi connectivity index (χ2n) is 5.18. The largest absolute Gasteiger partial charge is 0.503 e. The van der Waals surface area contributed by atoms with E-state index in [4.69, 9.17) is 28.9 Å². The van der Waals surface area contributed by atoms with Gasteiger partial charge in [-0.3, -0.25) is 4.79 Å². The molecule has 0 aliphatic rings. The van der Waals surface area contributed by atoms with Crippen LogP contribution in [0.4, 0.5) is 0 Å². The van der Waals surface area contributed by atoms with Crippen molar-refractivity contribution in [1.82, 2.24) is 5.32 Å². The van der Waals surface area contributed by atoms with Crippen LogP contribution in [0.3, 0.4) is 0 Å². The Morgan fingerprint density at radius 1 is 1.32 bits per heavy atom. The highest BCUT2D eigenvalue weighted by Gasteiger charge is 2.26. The highest BCUT2D eigenvalue weighted by molar-refractivity contribution is 6.36. The molecule has 1 aromatic carbocycles. The average molecular weight is 307 g/mol. The van der Waals surface area contributed by atoms with Crippen LogP contribution < -0.4 is 11.1 Å². The summed E-state index contributed by atoms with van der Waals surface area (Å²) < 4.78 is 0. The lowest BCUT2D eigenvalue weighted by Gasteiger charge is -2.24. The summed E-state index contributed by atoms with van der Waals surface area (Å²) in [6.07, 6.45) is 0. The highest BCUT2D eigenvalue weighted by Crippen LogP contribution is 2.42. The third-order valence-corrected chi connectivity index (χ3v) is 3.00. The molecule has 19 heavy (non-hydrogen) atoms. The topological polar surface area (TPSA) is 95.6 Å². The monoisotopic (exact) mass is 306 g/mol. The summed E-state index contributed by atoms with van der Waals surface area (Å²) in [5.74, 6) is -1.60. The van der Waals surface area contributed by atoms with Crippen LogP contribution in [0.5, 0.6) is 11.5 Å². The summed E-state index contributed by atoms with van der Waals surface area (Å²) in [6.45, 7) is 5.42. The number of amides is 1. The van der Waals surface area contributed by atoms with Gasteiger partial charge in [-0.2, -0.15) is 0 Å². The first kappa shape index (κ1) is 15.9. The Balaban J connectivity index is 3.14. The van der Waals surface area contributed by atoms with E-state index >= 15 is 0 Å². The van der Waals surface area contributed by atoms with E-state index < -0.39 is 29.0 Å². The van der Waals surface area contributed by atoms with Gasteiger partial charge in [-0.1, -0.05) is 23.2 Å². The van der Waals surface area contributed by atoms with Gasteiger partial charge in [0.2, 0.25) is 5.91 Å². The Morgan fingerprint density at radius 3 is 2.32 bits per heavy atom. The van der Waals surface area contributed by atoms with Gasteiger partial charge in [-0.05, 0) is 26.8 Å². The Morgan fingerprint density at radius 2 is 1.84 bits per heavy atom. The molecule has 0 bridgehead atoms. The molecular weight excluding hydrogens is 291 g/mol. The summed E-state index contributed by atoms with van der Waals surface area (Å²) in [6, 6.07) is 0.155. The van der Waals surface area contributed by atoms with E-state index in [2.05, 4.69) is 5.32 Å². The number of phenolic OH excluding ortho intramolecular Hbond substituents is 2. The number of phenols is 2. The zero-order valence-corrected chi connectivity index (χ0v) is 12.3. The molecule has 0 fully saturated rings. The fraction of sp³-hybridized carbons (Fsp3) is 0.417. The summed E-state index contributed by atoms with van der Waals surface area (Å²) in [7, 11) is 0. The molecule has 0 saturated heterocycles. The van der Waals surface area contributed by atoms with Crippen molar-refractivity contribution in [2.75, 3.05) is 0 Å². The van der Waals surface area contributed by atoms with Gasteiger partial charge < -0.3 is 21.3 Å². The van der Waals surface area contributed by atoms with Crippen molar-refractivity contribution in [2.24, 2.45) is 5.73 Å². The maximum Gasteiger partial charge on any atom is 0.241 e. The smallest absolute Gasteiger partial charge is 0.241 e. The van der Waals surface area contributed by atoms with Gasteiger partial charge in [0, 0.05) is 11.1 Å². The van der Waals surface area contributed by atoms with Crippen LogP contribution in [0.1, 0.15) is 32.4 Å². The third-order valence-electron chi connectivity index (χ3n) is 2.31. The molecule has 0 aliphatic carbocycles. The van der Waals surface area contributed by atoms with Gasteiger partial charge in [0.15, 0.2) is 11.5 Å². The van der Waals surface area contributed by atoms with Crippen molar-refractivity contribution < 1.29 is 15.0 Å². The van der Waals surface area contributed by atoms with Crippen LogP contribution in [0.25, 0.3) is 0 Å². The SMILES string of the molecule is CC(C)(C)NC(=O)C(N)c1cc(Cl)c(O)c(O)c1Cl. The number of carbonyl (C=O) groups excluding carboxylic acids is 1. The maximum atomic E-state index is 11.9. The van der Waals surface area contributed by atoms with E-state index in [1.54, 1.807) is 20.8 Å². The van der Waals surface area contributed by atoms with E-state index in [1.165, 1.54) is 6.07 Å². The van der Waals surface area contributed by atoms with Crippen LogP contribution in [0.2, 0.25) is 10.0 Å². The molecule has 1 unspecified atom stereocenters. The molecule has 1 rings (SSSR count). The molecule has 1 atom stereocenters. The van der Waals surface area contributed by atoms with Crippen molar-refractivity contribution in [3.05, 3.63) is 21.7 Å². The number of halogens is 2. The van der Waals surface area contributed by atoms with Crippen molar-refractivity contribution >= 4 is 29.1 Å². The molecule has 5 nitrogen and oxygen atoms in total. The molecule has 0 aromatic heterocycles. The van der Waals surface area contributed by atoms with Gasteiger partial charge in [0.25, 0.3) is 0 Å². The summed E-state index contributed by atoms with van der Waals surface area (Å²) in [5, 5.41) is 21.4. The fourth-order valence-electron chi connectivity index (χ4n) is 1.44. The molecule has 106 valence electrons. The predicted octanol–water partition coefficient (Wildman–Crippen LogP) is 2.32. The van der Waals surface area contributed by atoms with Crippen LogP contribution in [-0.4, -0.2) is 21.7 Å². The van der Waals surface area contributed by atoms with Crippen LogP contribution in [0.15, 0.2) is 6.07 Å². The Hall–Kier alpha value is -1.17. The number of benzene rings is 1.